The molecule has 2 heterocycles. The summed E-state index contributed by atoms with van der Waals surface area (Å²) in [5, 5.41) is 0. The van der Waals surface area contributed by atoms with E-state index < -0.39 is 0 Å². The molecule has 1 aromatic heterocycles. The zero-order valence-electron chi connectivity index (χ0n) is 13.7. The van der Waals surface area contributed by atoms with Crippen molar-refractivity contribution in [1.82, 2.24) is 14.9 Å². The van der Waals surface area contributed by atoms with E-state index in [1.165, 1.54) is 6.42 Å². The molecule has 0 aromatic carbocycles. The summed E-state index contributed by atoms with van der Waals surface area (Å²) in [4.78, 5) is 14.0. The summed E-state index contributed by atoms with van der Waals surface area (Å²) in [6, 6.07) is 2.77. The van der Waals surface area contributed by atoms with E-state index in [4.69, 9.17) is 5.73 Å². The van der Waals surface area contributed by atoms with Crippen molar-refractivity contribution in [3.63, 3.8) is 0 Å². The lowest BCUT2D eigenvalue weighted by Crippen LogP contribution is -2.51. The van der Waals surface area contributed by atoms with Gasteiger partial charge in [0.25, 0.3) is 0 Å². The Kier molecular flexibility index (Phi) is 5.94. The Morgan fingerprint density at radius 3 is 2.48 bits per heavy atom. The minimum atomic E-state index is 0.635. The Balaban J connectivity index is 1.99. The smallest absolute Gasteiger partial charge is 0.132 e. The number of nitrogens with two attached hydrogens (primary N) is 1. The van der Waals surface area contributed by atoms with E-state index in [1.54, 1.807) is 0 Å². The maximum absolute atomic E-state index is 5.72. The molecule has 0 bridgehead atoms. The summed E-state index contributed by atoms with van der Waals surface area (Å²) in [5.74, 6) is 1.97. The average molecular weight is 291 g/mol. The molecule has 0 spiro atoms. The van der Waals surface area contributed by atoms with Crippen LogP contribution in [-0.2, 0) is 6.42 Å². The topological polar surface area (TPSA) is 58.3 Å². The predicted octanol–water partition coefficient (Wildman–Crippen LogP) is 1.60. The van der Waals surface area contributed by atoms with Crippen LogP contribution in [0.2, 0.25) is 0 Å². The molecule has 0 aliphatic carbocycles. The van der Waals surface area contributed by atoms with Gasteiger partial charge in [-0.1, -0.05) is 13.8 Å². The largest absolute Gasteiger partial charge is 0.354 e. The quantitative estimate of drug-likeness (QED) is 0.862. The fraction of sp³-hybridized carbons (Fsp3) is 0.750. The number of anilines is 1. The van der Waals surface area contributed by atoms with Gasteiger partial charge in [-0.25, -0.2) is 9.97 Å². The molecule has 1 atom stereocenters. The number of piperazine rings is 1. The van der Waals surface area contributed by atoms with Crippen molar-refractivity contribution in [3.8, 4) is 0 Å². The maximum atomic E-state index is 5.72. The van der Waals surface area contributed by atoms with Crippen LogP contribution in [0.25, 0.3) is 0 Å². The summed E-state index contributed by atoms with van der Waals surface area (Å²) in [6.07, 6.45) is 3.25. The average Bonchev–Trinajstić information content (AvgIpc) is 2.52. The maximum Gasteiger partial charge on any atom is 0.132 e. The number of aromatic nitrogens is 2. The molecule has 2 N–H and O–H groups in total. The predicted molar refractivity (Wildman–Crippen MR) is 87.7 cm³/mol. The van der Waals surface area contributed by atoms with Crippen LogP contribution in [0, 0.1) is 6.92 Å². The van der Waals surface area contributed by atoms with Crippen molar-refractivity contribution in [1.29, 1.82) is 0 Å². The highest BCUT2D eigenvalue weighted by Gasteiger charge is 2.23. The normalized spacial score (nSPS) is 18.0. The Morgan fingerprint density at radius 1 is 1.19 bits per heavy atom. The highest BCUT2D eigenvalue weighted by atomic mass is 15.3. The van der Waals surface area contributed by atoms with E-state index in [9.17, 15) is 0 Å². The molecule has 2 rings (SSSR count). The van der Waals surface area contributed by atoms with Crippen LogP contribution in [-0.4, -0.2) is 53.6 Å². The van der Waals surface area contributed by atoms with Crippen LogP contribution in [0.15, 0.2) is 6.07 Å². The molecule has 118 valence electrons. The molecule has 1 unspecified atom stereocenters. The second kappa shape index (κ2) is 7.71. The van der Waals surface area contributed by atoms with Crippen molar-refractivity contribution in [3.05, 3.63) is 17.6 Å². The molecular weight excluding hydrogens is 262 g/mol. The van der Waals surface area contributed by atoms with E-state index in [-0.39, 0.29) is 0 Å². The lowest BCUT2D eigenvalue weighted by Gasteiger charge is -2.39. The van der Waals surface area contributed by atoms with Gasteiger partial charge in [0.1, 0.15) is 11.6 Å². The van der Waals surface area contributed by atoms with Gasteiger partial charge in [-0.3, -0.25) is 4.90 Å². The highest BCUT2D eigenvalue weighted by Crippen LogP contribution is 2.18. The first-order valence-corrected chi connectivity index (χ1v) is 8.21. The molecular formula is C16H29N5. The van der Waals surface area contributed by atoms with Gasteiger partial charge in [-0.15, -0.1) is 0 Å². The lowest BCUT2D eigenvalue weighted by atomic mass is 10.1. The highest BCUT2D eigenvalue weighted by molar-refractivity contribution is 5.40. The molecule has 1 aromatic rings. The number of nitrogens with zero attached hydrogens (tertiary/aromatic N) is 4. The summed E-state index contributed by atoms with van der Waals surface area (Å²) < 4.78 is 0. The number of aryl methyl sites for hydroxylation is 2. The van der Waals surface area contributed by atoms with Gasteiger partial charge in [0, 0.05) is 44.0 Å². The van der Waals surface area contributed by atoms with Crippen LogP contribution in [0.3, 0.4) is 0 Å². The first-order valence-electron chi connectivity index (χ1n) is 8.21. The number of rotatable bonds is 6. The van der Waals surface area contributed by atoms with Crippen molar-refractivity contribution in [2.75, 3.05) is 37.6 Å². The van der Waals surface area contributed by atoms with Gasteiger partial charge in [-0.2, -0.15) is 0 Å². The third-order valence-corrected chi connectivity index (χ3v) is 4.37. The van der Waals surface area contributed by atoms with Gasteiger partial charge < -0.3 is 10.6 Å². The van der Waals surface area contributed by atoms with Gasteiger partial charge in [0.05, 0.1) is 0 Å². The van der Waals surface area contributed by atoms with E-state index in [2.05, 4.69) is 39.7 Å². The molecule has 1 aliphatic rings. The van der Waals surface area contributed by atoms with Crippen LogP contribution >= 0.6 is 0 Å². The van der Waals surface area contributed by atoms with Crippen LogP contribution in [0.1, 0.15) is 38.2 Å². The number of hydrogen-bond acceptors (Lipinski definition) is 5. The third kappa shape index (κ3) is 4.14. The second-order valence-corrected chi connectivity index (χ2v) is 5.78. The minimum Gasteiger partial charge on any atom is -0.354 e. The fourth-order valence-electron chi connectivity index (χ4n) is 3.11. The summed E-state index contributed by atoms with van der Waals surface area (Å²) >= 11 is 0. The van der Waals surface area contributed by atoms with Crippen molar-refractivity contribution >= 4 is 5.82 Å². The van der Waals surface area contributed by atoms with E-state index in [1.807, 2.05) is 6.92 Å². The van der Waals surface area contributed by atoms with Gasteiger partial charge >= 0.3 is 0 Å². The van der Waals surface area contributed by atoms with Gasteiger partial charge in [-0.05, 0) is 32.7 Å². The van der Waals surface area contributed by atoms with Crippen molar-refractivity contribution < 1.29 is 0 Å². The Bertz CT molecular complexity index is 440. The van der Waals surface area contributed by atoms with Crippen LogP contribution < -0.4 is 10.6 Å². The first kappa shape index (κ1) is 16.2. The molecule has 0 radical (unpaired) electrons. The zero-order chi connectivity index (χ0) is 15.2. The van der Waals surface area contributed by atoms with Crippen molar-refractivity contribution in [2.45, 2.75) is 46.1 Å². The molecule has 0 amide bonds. The molecule has 1 saturated heterocycles. The lowest BCUT2D eigenvalue weighted by molar-refractivity contribution is 0.173. The Labute approximate surface area is 128 Å². The third-order valence-electron chi connectivity index (χ3n) is 4.37. The standard InChI is InChI=1S/C16H29N5/c1-4-14-12-16(19-13(3)18-14)21-10-8-20(9-11-21)15(5-2)6-7-17/h12,15H,4-11,17H2,1-3H3. The Hall–Kier alpha value is -1.20. The summed E-state index contributed by atoms with van der Waals surface area (Å²) in [5.41, 5.74) is 6.86. The Morgan fingerprint density at radius 2 is 1.90 bits per heavy atom. The molecule has 5 heteroatoms. The zero-order valence-corrected chi connectivity index (χ0v) is 13.7. The van der Waals surface area contributed by atoms with Gasteiger partial charge in [0.15, 0.2) is 0 Å². The van der Waals surface area contributed by atoms with E-state index in [0.29, 0.717) is 6.04 Å². The second-order valence-electron chi connectivity index (χ2n) is 5.78. The monoisotopic (exact) mass is 291 g/mol. The first-order chi connectivity index (χ1) is 10.2. The number of hydrogen-bond donors (Lipinski definition) is 1. The molecule has 5 nitrogen and oxygen atoms in total. The van der Waals surface area contributed by atoms with E-state index >= 15 is 0 Å². The minimum absolute atomic E-state index is 0.635. The molecule has 1 fully saturated rings. The summed E-state index contributed by atoms with van der Waals surface area (Å²) in [7, 11) is 0. The SMILES string of the molecule is CCc1cc(N2CCN(C(CC)CCN)CC2)nc(C)n1. The summed E-state index contributed by atoms with van der Waals surface area (Å²) in [6.45, 7) is 11.4. The fourth-order valence-corrected chi connectivity index (χ4v) is 3.11. The van der Waals surface area contributed by atoms with Crippen LogP contribution in [0.4, 0.5) is 5.82 Å². The van der Waals surface area contributed by atoms with Crippen LogP contribution in [0.5, 0.6) is 0 Å². The van der Waals surface area contributed by atoms with Crippen molar-refractivity contribution in [2.24, 2.45) is 5.73 Å². The molecule has 1 aliphatic heterocycles. The molecule has 21 heavy (non-hydrogen) atoms. The van der Waals surface area contributed by atoms with Gasteiger partial charge in [0.2, 0.25) is 0 Å². The molecule has 0 saturated carbocycles. The van der Waals surface area contributed by atoms with E-state index in [0.717, 1.165) is 62.9 Å².